The summed E-state index contributed by atoms with van der Waals surface area (Å²) >= 11 is 0. The Morgan fingerprint density at radius 1 is 1.19 bits per heavy atom. The first-order valence-corrected chi connectivity index (χ1v) is 11.0. The number of hydrogen-bond donors (Lipinski definition) is 1. The number of methoxy groups -OCH3 is 1. The van der Waals surface area contributed by atoms with Crippen LogP contribution in [-0.4, -0.2) is 52.8 Å². The van der Waals surface area contributed by atoms with Crippen molar-refractivity contribution >= 4 is 11.8 Å². The lowest BCUT2D eigenvalue weighted by atomic mass is 10.1. The number of hydrogen-bond acceptors (Lipinski definition) is 5. The first-order chi connectivity index (χ1) is 15.1. The van der Waals surface area contributed by atoms with Crippen LogP contribution in [0.1, 0.15) is 48.5 Å². The highest BCUT2D eigenvalue weighted by Crippen LogP contribution is 2.33. The molecule has 0 spiro atoms. The summed E-state index contributed by atoms with van der Waals surface area (Å²) in [5, 5.41) is 7.18. The van der Waals surface area contributed by atoms with Gasteiger partial charge in [0.2, 0.25) is 5.91 Å². The third-order valence-corrected chi connectivity index (χ3v) is 5.87. The monoisotopic (exact) mass is 426 g/mol. The van der Waals surface area contributed by atoms with Gasteiger partial charge >= 0.3 is 0 Å². The molecule has 8 nitrogen and oxygen atoms in total. The van der Waals surface area contributed by atoms with E-state index >= 15 is 0 Å². The minimum absolute atomic E-state index is 0.0222. The number of aromatic nitrogens is 2. The smallest absolute Gasteiger partial charge is 0.255 e. The van der Waals surface area contributed by atoms with Crippen molar-refractivity contribution in [2.45, 2.75) is 51.8 Å². The Morgan fingerprint density at radius 2 is 1.97 bits per heavy atom. The van der Waals surface area contributed by atoms with E-state index in [1.807, 2.05) is 22.7 Å². The lowest BCUT2D eigenvalue weighted by molar-refractivity contribution is -0.134. The molecule has 1 saturated heterocycles. The van der Waals surface area contributed by atoms with Crippen molar-refractivity contribution in [2.24, 2.45) is 5.92 Å². The molecule has 2 aliphatic rings. The highest BCUT2D eigenvalue weighted by atomic mass is 16.5. The molecule has 1 aliphatic heterocycles. The van der Waals surface area contributed by atoms with Crippen LogP contribution in [0.4, 0.5) is 0 Å². The third-order valence-electron chi connectivity index (χ3n) is 5.87. The van der Waals surface area contributed by atoms with Crippen molar-refractivity contribution in [1.82, 2.24) is 20.0 Å². The maximum absolute atomic E-state index is 12.9. The molecule has 2 heterocycles. The van der Waals surface area contributed by atoms with Crippen LogP contribution < -0.4 is 14.8 Å². The fraction of sp³-hybridized carbons (Fsp3) is 0.522. The second kappa shape index (κ2) is 9.41. The summed E-state index contributed by atoms with van der Waals surface area (Å²) in [6.07, 6.45) is 7.23. The van der Waals surface area contributed by atoms with Gasteiger partial charge in [0.25, 0.3) is 5.91 Å². The Balaban J connectivity index is 1.39. The minimum atomic E-state index is -0.223. The molecule has 8 heteroatoms. The topological polar surface area (TPSA) is 85.7 Å². The van der Waals surface area contributed by atoms with E-state index in [4.69, 9.17) is 9.47 Å². The van der Waals surface area contributed by atoms with Crippen LogP contribution in [0.5, 0.6) is 11.5 Å². The molecule has 1 N–H and O–H groups in total. The Kier molecular flexibility index (Phi) is 6.44. The van der Waals surface area contributed by atoms with Crippen LogP contribution in [0.25, 0.3) is 0 Å². The van der Waals surface area contributed by atoms with Crippen molar-refractivity contribution in [3.8, 4) is 11.5 Å². The van der Waals surface area contributed by atoms with Crippen LogP contribution in [0.15, 0.2) is 30.6 Å². The van der Waals surface area contributed by atoms with E-state index in [2.05, 4.69) is 10.4 Å². The molecule has 1 aliphatic carbocycles. The largest absolute Gasteiger partial charge is 0.497 e. The number of aryl methyl sites for hydroxylation is 1. The van der Waals surface area contributed by atoms with Gasteiger partial charge in [0.05, 0.1) is 18.9 Å². The molecular formula is C23H30N4O4. The zero-order valence-electron chi connectivity index (χ0n) is 18.2. The molecular weight excluding hydrogens is 396 g/mol. The summed E-state index contributed by atoms with van der Waals surface area (Å²) in [6, 6.07) is 5.28. The molecule has 4 rings (SSSR count). The Labute approximate surface area is 182 Å². The molecule has 0 bridgehead atoms. The van der Waals surface area contributed by atoms with E-state index in [0.717, 1.165) is 37.8 Å². The van der Waals surface area contributed by atoms with E-state index in [-0.39, 0.29) is 23.8 Å². The number of ether oxygens (including phenoxy) is 2. The Bertz CT molecular complexity index is 929. The third kappa shape index (κ3) is 5.18. The van der Waals surface area contributed by atoms with E-state index in [1.165, 1.54) is 0 Å². The average Bonchev–Trinajstić information content (AvgIpc) is 3.55. The van der Waals surface area contributed by atoms with Crippen LogP contribution in [0.3, 0.4) is 0 Å². The summed E-state index contributed by atoms with van der Waals surface area (Å²) in [4.78, 5) is 27.1. The van der Waals surface area contributed by atoms with Gasteiger partial charge in [-0.05, 0) is 38.0 Å². The predicted molar refractivity (Wildman–Crippen MR) is 115 cm³/mol. The molecule has 1 aromatic heterocycles. The van der Waals surface area contributed by atoms with Crippen LogP contribution in [0, 0.1) is 5.92 Å². The summed E-state index contributed by atoms with van der Waals surface area (Å²) in [7, 11) is 1.57. The van der Waals surface area contributed by atoms with Crippen LogP contribution in [0.2, 0.25) is 0 Å². The maximum atomic E-state index is 12.9. The number of nitrogens with zero attached hydrogens (tertiary/aromatic N) is 3. The van der Waals surface area contributed by atoms with Crippen molar-refractivity contribution in [3.05, 3.63) is 41.7 Å². The van der Waals surface area contributed by atoms with Crippen LogP contribution in [-0.2, 0) is 17.9 Å². The van der Waals surface area contributed by atoms with E-state index in [0.29, 0.717) is 36.7 Å². The molecule has 166 valence electrons. The quantitative estimate of drug-likeness (QED) is 0.701. The van der Waals surface area contributed by atoms with Gasteiger partial charge in [0.15, 0.2) is 0 Å². The van der Waals surface area contributed by atoms with Crippen molar-refractivity contribution in [1.29, 1.82) is 0 Å². The SMILES string of the molecule is CCn1cc(CNC(=O)c2cc(OC)ccc2OC2CCN(C(=O)C3CC3)CC2)cn1. The lowest BCUT2D eigenvalue weighted by Crippen LogP contribution is -2.42. The second-order valence-electron chi connectivity index (χ2n) is 8.17. The molecule has 2 amide bonds. The summed E-state index contributed by atoms with van der Waals surface area (Å²) in [5.74, 6) is 1.45. The Hall–Kier alpha value is -3.03. The maximum Gasteiger partial charge on any atom is 0.255 e. The van der Waals surface area contributed by atoms with E-state index < -0.39 is 0 Å². The minimum Gasteiger partial charge on any atom is -0.497 e. The number of carbonyl (C=O) groups excluding carboxylic acids is 2. The molecule has 31 heavy (non-hydrogen) atoms. The molecule has 2 aromatic rings. The molecule has 2 fully saturated rings. The molecule has 0 unspecified atom stereocenters. The number of rotatable bonds is 8. The van der Waals surface area contributed by atoms with E-state index in [1.54, 1.807) is 31.5 Å². The first kappa shape index (κ1) is 21.2. The molecule has 0 atom stereocenters. The van der Waals surface area contributed by atoms with Gasteiger partial charge in [0.1, 0.15) is 17.6 Å². The van der Waals surface area contributed by atoms with Gasteiger partial charge in [-0.3, -0.25) is 14.3 Å². The number of benzene rings is 1. The number of piperidine rings is 1. The summed E-state index contributed by atoms with van der Waals surface area (Å²) < 4.78 is 13.3. The fourth-order valence-electron chi connectivity index (χ4n) is 3.83. The molecule has 1 saturated carbocycles. The molecule has 0 radical (unpaired) electrons. The van der Waals surface area contributed by atoms with Gasteiger partial charge in [-0.15, -0.1) is 0 Å². The second-order valence-corrected chi connectivity index (χ2v) is 8.17. The Morgan fingerprint density at radius 3 is 2.61 bits per heavy atom. The standard InChI is InChI=1S/C23H30N4O4/c1-3-27-15-16(14-25-27)13-24-22(28)20-12-19(30-2)6-7-21(20)31-18-8-10-26(11-9-18)23(29)17-4-5-17/h6-7,12,14-15,17-18H,3-5,8-11,13H2,1-2H3,(H,24,28). The van der Waals surface area contributed by atoms with Gasteiger partial charge in [-0.2, -0.15) is 5.10 Å². The summed E-state index contributed by atoms with van der Waals surface area (Å²) in [6.45, 7) is 4.60. The predicted octanol–water partition coefficient (Wildman–Crippen LogP) is 2.62. The fourth-order valence-corrected chi connectivity index (χ4v) is 3.83. The van der Waals surface area contributed by atoms with Gasteiger partial charge in [0, 0.05) is 56.7 Å². The number of nitrogens with one attached hydrogen (secondary N) is 1. The van der Waals surface area contributed by atoms with Gasteiger partial charge < -0.3 is 19.7 Å². The first-order valence-electron chi connectivity index (χ1n) is 11.0. The molecule has 1 aromatic carbocycles. The van der Waals surface area contributed by atoms with Gasteiger partial charge in [-0.25, -0.2) is 0 Å². The van der Waals surface area contributed by atoms with Gasteiger partial charge in [-0.1, -0.05) is 0 Å². The normalized spacial score (nSPS) is 16.8. The number of likely N-dealkylation sites (tertiary alicyclic amines) is 1. The average molecular weight is 427 g/mol. The van der Waals surface area contributed by atoms with Crippen molar-refractivity contribution in [2.75, 3.05) is 20.2 Å². The van der Waals surface area contributed by atoms with Crippen molar-refractivity contribution in [3.63, 3.8) is 0 Å². The zero-order valence-corrected chi connectivity index (χ0v) is 18.2. The number of carbonyl (C=O) groups is 2. The van der Waals surface area contributed by atoms with Crippen LogP contribution >= 0.6 is 0 Å². The van der Waals surface area contributed by atoms with E-state index in [9.17, 15) is 9.59 Å². The summed E-state index contributed by atoms with van der Waals surface area (Å²) in [5.41, 5.74) is 1.38. The van der Waals surface area contributed by atoms with Crippen molar-refractivity contribution < 1.29 is 19.1 Å². The number of amides is 2. The lowest BCUT2D eigenvalue weighted by Gasteiger charge is -2.32. The highest BCUT2D eigenvalue weighted by Gasteiger charge is 2.35. The highest BCUT2D eigenvalue weighted by molar-refractivity contribution is 5.97. The zero-order chi connectivity index (χ0) is 21.8.